The number of rotatable bonds is 16. The van der Waals surface area contributed by atoms with Crippen LogP contribution in [0, 0.1) is 39.9 Å². The molecule has 0 aromatic heterocycles. The molecule has 0 unspecified atom stereocenters. The second kappa shape index (κ2) is 23.1. The third kappa shape index (κ3) is 20.3. The summed E-state index contributed by atoms with van der Waals surface area (Å²) in [6.07, 6.45) is 6.52. The number of carboxylic acid groups (broad SMARTS) is 3. The first-order chi connectivity index (χ1) is 17.7. The second-order valence-electron chi connectivity index (χ2n) is 9.42. The molecule has 1 aliphatic rings. The molecule has 1 amide bonds. The zero-order chi connectivity index (χ0) is 27.5. The summed E-state index contributed by atoms with van der Waals surface area (Å²) in [5.41, 5.74) is 0. The number of hydrogen-bond acceptors (Lipinski definition) is 12. The minimum absolute atomic E-state index is 0. The molecular weight excluding hydrogens is 660 g/mol. The molecule has 1 fully saturated rings. The van der Waals surface area contributed by atoms with Gasteiger partial charge >= 0.3 is 39.9 Å². The fraction of sp³-hybridized carbons (Fsp3) is 0.833. The second-order valence-corrected chi connectivity index (χ2v) is 9.86. The topological polar surface area (TPSA) is 162 Å². The Morgan fingerprint density at radius 3 is 1.21 bits per heavy atom. The Bertz CT molecular complexity index is 675. The van der Waals surface area contributed by atoms with Crippen LogP contribution in [0.5, 0.6) is 0 Å². The molecule has 14 heteroatoms. The van der Waals surface area contributed by atoms with Gasteiger partial charge in [-0.05, 0) is 18.6 Å². The van der Waals surface area contributed by atoms with E-state index in [1.807, 2.05) is 4.90 Å². The van der Waals surface area contributed by atoms with Gasteiger partial charge in [0.1, 0.15) is 0 Å². The van der Waals surface area contributed by atoms with Crippen LogP contribution in [-0.4, -0.2) is 134 Å². The monoisotopic (exact) mass is 702 g/mol. The van der Waals surface area contributed by atoms with Gasteiger partial charge in [-0.2, -0.15) is 12.6 Å². The van der Waals surface area contributed by atoms with Crippen LogP contribution in [0.2, 0.25) is 0 Å². The van der Waals surface area contributed by atoms with Crippen molar-refractivity contribution in [2.24, 2.45) is 0 Å². The standard InChI is InChI=1S/C24H45N5O7S.Gd/c30-21(25-7-5-3-1-2-4-6-16-37)17-26-8-10-27(18-22(31)32)12-14-29(20-24(35)36)15-13-28(11-9-26)19-23(33)34;/h37H,1-20H2,(H,25,30)(H,31,32)(H,33,34)(H,35,36);/q;+3/p-3. The van der Waals surface area contributed by atoms with E-state index in [0.29, 0.717) is 32.7 Å². The number of carbonyl (C=O) groups is 4. The van der Waals surface area contributed by atoms with E-state index in [1.165, 1.54) is 6.42 Å². The minimum Gasteiger partial charge on any atom is -0.549 e. The molecule has 12 nitrogen and oxygen atoms in total. The SMILES string of the molecule is O=C([O-])CN1CCN(CC(=O)[O-])CCN(CC(=O)NCCCCCCCCS)CCN(CC(=O)[O-])CC1.[Gd+3]. The molecule has 1 heterocycles. The predicted octanol–water partition coefficient (Wildman–Crippen LogP) is -4.16. The zero-order valence-electron chi connectivity index (χ0n) is 22.1. The van der Waals surface area contributed by atoms with Crippen LogP contribution < -0.4 is 20.6 Å². The van der Waals surface area contributed by atoms with Crippen LogP contribution in [0.1, 0.15) is 38.5 Å². The van der Waals surface area contributed by atoms with Gasteiger partial charge < -0.3 is 35.0 Å². The largest absolute Gasteiger partial charge is 3.00 e. The van der Waals surface area contributed by atoms with Gasteiger partial charge in [-0.25, -0.2) is 0 Å². The van der Waals surface area contributed by atoms with Crippen molar-refractivity contribution in [1.29, 1.82) is 0 Å². The van der Waals surface area contributed by atoms with Crippen molar-refractivity contribution in [1.82, 2.24) is 24.9 Å². The fourth-order valence-electron chi connectivity index (χ4n) is 4.19. The van der Waals surface area contributed by atoms with E-state index in [2.05, 4.69) is 17.9 Å². The summed E-state index contributed by atoms with van der Waals surface area (Å²) in [5, 5.41) is 36.5. The number of carboxylic acids is 3. The average Bonchev–Trinajstić information content (AvgIpc) is 2.81. The van der Waals surface area contributed by atoms with Gasteiger partial charge in [0.15, 0.2) is 0 Å². The summed E-state index contributed by atoms with van der Waals surface area (Å²) in [4.78, 5) is 52.9. The van der Waals surface area contributed by atoms with Crippen LogP contribution in [-0.2, 0) is 19.2 Å². The molecule has 0 aromatic rings. The third-order valence-electron chi connectivity index (χ3n) is 6.26. The van der Waals surface area contributed by atoms with Crippen molar-refractivity contribution in [3.63, 3.8) is 0 Å². The number of hydrogen-bond donors (Lipinski definition) is 2. The van der Waals surface area contributed by atoms with Crippen molar-refractivity contribution in [3.05, 3.63) is 0 Å². The van der Waals surface area contributed by atoms with Gasteiger partial charge in [0.25, 0.3) is 0 Å². The summed E-state index contributed by atoms with van der Waals surface area (Å²) in [7, 11) is 0. The Morgan fingerprint density at radius 2 is 0.868 bits per heavy atom. The summed E-state index contributed by atoms with van der Waals surface area (Å²) in [6, 6.07) is 0. The van der Waals surface area contributed by atoms with Crippen LogP contribution in [0.3, 0.4) is 0 Å². The molecule has 1 N–H and O–H groups in total. The van der Waals surface area contributed by atoms with E-state index in [9.17, 15) is 34.5 Å². The molecule has 38 heavy (non-hydrogen) atoms. The Kier molecular flexibility index (Phi) is 22.8. The van der Waals surface area contributed by atoms with Crippen molar-refractivity contribution in [3.8, 4) is 0 Å². The van der Waals surface area contributed by atoms with E-state index in [0.717, 1.165) is 37.9 Å². The van der Waals surface area contributed by atoms with Crippen molar-refractivity contribution in [2.75, 3.05) is 90.8 Å². The summed E-state index contributed by atoms with van der Waals surface area (Å²) in [5.74, 6) is -2.98. The maximum Gasteiger partial charge on any atom is 3.00 e. The van der Waals surface area contributed by atoms with E-state index >= 15 is 0 Å². The van der Waals surface area contributed by atoms with Crippen LogP contribution in [0.15, 0.2) is 0 Å². The van der Waals surface area contributed by atoms with E-state index in [4.69, 9.17) is 0 Å². The van der Waals surface area contributed by atoms with Gasteiger partial charge in [-0.3, -0.25) is 24.4 Å². The van der Waals surface area contributed by atoms with Crippen molar-refractivity contribution >= 4 is 36.4 Å². The van der Waals surface area contributed by atoms with Crippen LogP contribution in [0.4, 0.5) is 0 Å². The molecule has 1 rings (SSSR count). The molecule has 0 atom stereocenters. The quantitative estimate of drug-likeness (QED) is 0.119. The van der Waals surface area contributed by atoms with Crippen molar-refractivity contribution in [2.45, 2.75) is 38.5 Å². The maximum atomic E-state index is 12.6. The summed E-state index contributed by atoms with van der Waals surface area (Å²) < 4.78 is 0. The van der Waals surface area contributed by atoms with Gasteiger partial charge in [-0.1, -0.05) is 25.7 Å². The smallest absolute Gasteiger partial charge is 0.549 e. The van der Waals surface area contributed by atoms with Gasteiger partial charge in [-0.15, -0.1) is 0 Å². The zero-order valence-corrected chi connectivity index (χ0v) is 25.3. The molecule has 0 spiro atoms. The van der Waals surface area contributed by atoms with Crippen LogP contribution >= 0.6 is 12.6 Å². The average molecular weight is 702 g/mol. The number of unbranched alkanes of at least 4 members (excludes halogenated alkanes) is 5. The van der Waals surface area contributed by atoms with Gasteiger partial charge in [0.05, 0.1) is 24.5 Å². The summed E-state index contributed by atoms with van der Waals surface area (Å²) in [6.45, 7) is 2.19. The molecular formula is C24H42GdN5O7S. The predicted molar refractivity (Wildman–Crippen MR) is 135 cm³/mol. The first-order valence-corrected chi connectivity index (χ1v) is 13.7. The number of carbonyl (C=O) groups excluding carboxylic acids is 4. The van der Waals surface area contributed by atoms with E-state index in [-0.39, 0.29) is 98.2 Å². The van der Waals surface area contributed by atoms with E-state index < -0.39 is 17.9 Å². The third-order valence-corrected chi connectivity index (χ3v) is 6.58. The number of nitrogens with zero attached hydrogens (tertiary/aromatic N) is 4. The van der Waals surface area contributed by atoms with Crippen LogP contribution in [0.25, 0.3) is 0 Å². The summed E-state index contributed by atoms with van der Waals surface area (Å²) >= 11 is 4.21. The molecule has 0 aliphatic carbocycles. The Hall–Kier alpha value is -0.605. The van der Waals surface area contributed by atoms with Gasteiger partial charge in [0, 0.05) is 78.5 Å². The maximum absolute atomic E-state index is 12.6. The number of aliphatic carboxylic acids is 3. The number of nitrogens with one attached hydrogen (secondary N) is 1. The Morgan fingerprint density at radius 1 is 0.553 bits per heavy atom. The molecule has 0 bridgehead atoms. The minimum atomic E-state index is -1.27. The first kappa shape index (κ1) is 37.4. The van der Waals surface area contributed by atoms with Crippen molar-refractivity contribution < 1.29 is 74.4 Å². The molecule has 1 radical (unpaired) electrons. The Labute approximate surface area is 263 Å². The number of thiol groups is 1. The molecule has 1 saturated heterocycles. The number of amides is 1. The normalized spacial score (nSPS) is 17.1. The van der Waals surface area contributed by atoms with Gasteiger partial charge in [0.2, 0.25) is 5.91 Å². The fourth-order valence-corrected chi connectivity index (χ4v) is 4.41. The molecule has 0 aromatic carbocycles. The Balaban J connectivity index is 0.0000137. The first-order valence-electron chi connectivity index (χ1n) is 13.1. The molecule has 1 aliphatic heterocycles. The van der Waals surface area contributed by atoms with E-state index in [1.54, 1.807) is 14.7 Å². The molecule has 219 valence electrons. The molecule has 0 saturated carbocycles.